The summed E-state index contributed by atoms with van der Waals surface area (Å²) in [5.74, 6) is -0.176. The molecule has 1 aromatic rings. The van der Waals surface area contributed by atoms with Crippen molar-refractivity contribution in [2.45, 2.75) is 26.2 Å². The van der Waals surface area contributed by atoms with Gasteiger partial charge in [-0.05, 0) is 25.8 Å². The molecule has 1 saturated heterocycles. The van der Waals surface area contributed by atoms with Crippen molar-refractivity contribution in [3.63, 3.8) is 0 Å². The van der Waals surface area contributed by atoms with Gasteiger partial charge in [-0.15, -0.1) is 0 Å². The molecule has 1 amide bonds. The minimum atomic E-state index is -0.176. The molecule has 2 heterocycles. The number of halogens is 1. The van der Waals surface area contributed by atoms with Crippen molar-refractivity contribution < 1.29 is 4.79 Å². The second-order valence-corrected chi connectivity index (χ2v) is 4.70. The van der Waals surface area contributed by atoms with Crippen LogP contribution in [0.5, 0.6) is 0 Å². The van der Waals surface area contributed by atoms with Crippen molar-refractivity contribution >= 4 is 17.5 Å². The molecular weight excluding hydrogens is 238 g/mol. The molecule has 0 spiro atoms. The van der Waals surface area contributed by atoms with E-state index in [4.69, 9.17) is 11.6 Å². The fraction of sp³-hybridized carbons (Fsp3) is 0.500. The fourth-order valence-corrected chi connectivity index (χ4v) is 2.20. The molecule has 5 heteroatoms. The molecule has 0 unspecified atom stereocenters. The average molecular weight is 254 g/mol. The Kier molecular flexibility index (Phi) is 3.97. The molecule has 0 saturated carbocycles. The van der Waals surface area contributed by atoms with Crippen LogP contribution < -0.4 is 5.43 Å². The first-order valence-corrected chi connectivity index (χ1v) is 6.22. The zero-order chi connectivity index (χ0) is 12.3. The quantitative estimate of drug-likeness (QED) is 0.879. The molecule has 1 aromatic heterocycles. The zero-order valence-corrected chi connectivity index (χ0v) is 10.6. The van der Waals surface area contributed by atoms with Crippen LogP contribution in [0, 0.1) is 6.92 Å². The topological polar surface area (TPSA) is 45.2 Å². The smallest absolute Gasteiger partial charge is 0.268 e. The monoisotopic (exact) mass is 253 g/mol. The van der Waals surface area contributed by atoms with E-state index in [1.807, 2.05) is 11.9 Å². The Bertz CT molecular complexity index is 416. The molecule has 2 rings (SSSR count). The van der Waals surface area contributed by atoms with E-state index in [2.05, 4.69) is 10.4 Å². The van der Waals surface area contributed by atoms with E-state index < -0.39 is 0 Å². The first-order valence-electron chi connectivity index (χ1n) is 5.85. The van der Waals surface area contributed by atoms with Crippen molar-refractivity contribution in [2.24, 2.45) is 0 Å². The number of nitrogens with zero attached hydrogens (tertiary/aromatic N) is 2. The number of hydrogen-bond donors (Lipinski definition) is 1. The number of hydrazine groups is 1. The van der Waals surface area contributed by atoms with E-state index in [1.165, 1.54) is 12.6 Å². The van der Waals surface area contributed by atoms with Gasteiger partial charge in [0.25, 0.3) is 5.91 Å². The Morgan fingerprint density at radius 3 is 2.76 bits per heavy atom. The number of pyridine rings is 1. The number of rotatable bonds is 2. The van der Waals surface area contributed by atoms with Gasteiger partial charge in [-0.1, -0.05) is 18.0 Å². The molecule has 17 heavy (non-hydrogen) atoms. The average Bonchev–Trinajstić information content (AvgIpc) is 2.30. The Balaban J connectivity index is 2.03. The second kappa shape index (κ2) is 5.47. The summed E-state index contributed by atoms with van der Waals surface area (Å²) in [7, 11) is 0. The van der Waals surface area contributed by atoms with Gasteiger partial charge in [-0.2, -0.15) is 0 Å². The number of carbonyl (C=O) groups is 1. The van der Waals surface area contributed by atoms with Crippen LogP contribution in [-0.4, -0.2) is 29.0 Å². The van der Waals surface area contributed by atoms with Gasteiger partial charge in [-0.3, -0.25) is 15.2 Å². The molecular formula is C12H16ClN3O. The van der Waals surface area contributed by atoms with E-state index in [-0.39, 0.29) is 5.91 Å². The molecule has 0 atom stereocenters. The molecule has 1 aliphatic heterocycles. The van der Waals surface area contributed by atoms with Gasteiger partial charge < -0.3 is 0 Å². The number of hydrogen-bond acceptors (Lipinski definition) is 3. The van der Waals surface area contributed by atoms with Gasteiger partial charge in [-0.25, -0.2) is 5.01 Å². The summed E-state index contributed by atoms with van der Waals surface area (Å²) < 4.78 is 0. The molecule has 0 bridgehead atoms. The lowest BCUT2D eigenvalue weighted by atomic mass is 10.2. The molecule has 1 aliphatic rings. The summed E-state index contributed by atoms with van der Waals surface area (Å²) in [6.45, 7) is 3.66. The number of amides is 1. The van der Waals surface area contributed by atoms with Crippen molar-refractivity contribution in [3.05, 3.63) is 28.5 Å². The third kappa shape index (κ3) is 3.17. The fourth-order valence-electron chi connectivity index (χ4n) is 1.90. The molecule has 1 N–H and O–H groups in total. The first-order chi connectivity index (χ1) is 8.16. The van der Waals surface area contributed by atoms with Crippen LogP contribution in [0.1, 0.15) is 35.3 Å². The number of aryl methyl sites for hydroxylation is 1. The molecule has 0 aromatic carbocycles. The van der Waals surface area contributed by atoms with Gasteiger partial charge in [0.05, 0.1) is 10.6 Å². The maximum atomic E-state index is 12.0. The van der Waals surface area contributed by atoms with Crippen LogP contribution in [0.15, 0.2) is 12.3 Å². The normalized spacial score (nSPS) is 16.8. The van der Waals surface area contributed by atoms with Gasteiger partial charge in [0.2, 0.25) is 0 Å². The van der Waals surface area contributed by atoms with Gasteiger partial charge in [0.15, 0.2) is 0 Å². The summed E-state index contributed by atoms with van der Waals surface area (Å²) in [5, 5.41) is 2.40. The molecule has 0 aliphatic carbocycles. The standard InChI is InChI=1S/C12H16ClN3O/c1-9-7-11(13)10(8-14-9)12(17)15-16-5-3-2-4-6-16/h7-8H,2-6H2,1H3,(H,15,17). The summed E-state index contributed by atoms with van der Waals surface area (Å²) in [6.07, 6.45) is 5.01. The Labute approximate surface area is 106 Å². The van der Waals surface area contributed by atoms with E-state index >= 15 is 0 Å². The SMILES string of the molecule is Cc1cc(Cl)c(C(=O)NN2CCCCC2)cn1. The highest BCUT2D eigenvalue weighted by molar-refractivity contribution is 6.33. The Morgan fingerprint density at radius 2 is 2.12 bits per heavy atom. The third-order valence-corrected chi connectivity index (χ3v) is 3.16. The van der Waals surface area contributed by atoms with E-state index in [0.717, 1.165) is 31.6 Å². The zero-order valence-electron chi connectivity index (χ0n) is 9.87. The van der Waals surface area contributed by atoms with E-state index in [9.17, 15) is 4.79 Å². The van der Waals surface area contributed by atoms with Crippen LogP contribution in [0.4, 0.5) is 0 Å². The molecule has 0 radical (unpaired) electrons. The highest BCUT2D eigenvalue weighted by Crippen LogP contribution is 2.16. The van der Waals surface area contributed by atoms with Crippen LogP contribution in [0.2, 0.25) is 5.02 Å². The maximum absolute atomic E-state index is 12.0. The molecule has 4 nitrogen and oxygen atoms in total. The maximum Gasteiger partial charge on any atom is 0.268 e. The number of aromatic nitrogens is 1. The lowest BCUT2D eigenvalue weighted by Crippen LogP contribution is -2.45. The highest BCUT2D eigenvalue weighted by Gasteiger charge is 2.16. The summed E-state index contributed by atoms with van der Waals surface area (Å²) >= 11 is 6.02. The minimum absolute atomic E-state index is 0.176. The van der Waals surface area contributed by atoms with Gasteiger partial charge >= 0.3 is 0 Å². The van der Waals surface area contributed by atoms with Gasteiger partial charge in [0.1, 0.15) is 0 Å². The van der Waals surface area contributed by atoms with Crippen LogP contribution in [0.3, 0.4) is 0 Å². The van der Waals surface area contributed by atoms with Gasteiger partial charge in [0, 0.05) is 25.0 Å². The number of piperidine rings is 1. The summed E-state index contributed by atoms with van der Waals surface area (Å²) in [6, 6.07) is 1.70. The molecule has 1 fully saturated rings. The van der Waals surface area contributed by atoms with Crippen molar-refractivity contribution in [1.29, 1.82) is 0 Å². The largest absolute Gasteiger partial charge is 0.285 e. The highest BCUT2D eigenvalue weighted by atomic mass is 35.5. The van der Waals surface area contributed by atoms with E-state index in [0.29, 0.717) is 10.6 Å². The summed E-state index contributed by atoms with van der Waals surface area (Å²) in [4.78, 5) is 16.1. The van der Waals surface area contributed by atoms with Crippen molar-refractivity contribution in [3.8, 4) is 0 Å². The predicted molar refractivity (Wildman–Crippen MR) is 66.9 cm³/mol. The Morgan fingerprint density at radius 1 is 1.41 bits per heavy atom. The third-order valence-electron chi connectivity index (χ3n) is 2.85. The van der Waals surface area contributed by atoms with Crippen LogP contribution >= 0.6 is 11.6 Å². The van der Waals surface area contributed by atoms with Crippen molar-refractivity contribution in [1.82, 2.24) is 15.4 Å². The predicted octanol–water partition coefficient (Wildman–Crippen LogP) is 2.17. The Hall–Kier alpha value is -1.13. The second-order valence-electron chi connectivity index (χ2n) is 4.29. The lowest BCUT2D eigenvalue weighted by molar-refractivity contribution is 0.0750. The van der Waals surface area contributed by atoms with Crippen molar-refractivity contribution in [2.75, 3.05) is 13.1 Å². The number of carbonyl (C=O) groups excluding carboxylic acids is 1. The van der Waals surface area contributed by atoms with Crippen LogP contribution in [0.25, 0.3) is 0 Å². The lowest BCUT2D eigenvalue weighted by Gasteiger charge is -2.26. The summed E-state index contributed by atoms with van der Waals surface area (Å²) in [5.41, 5.74) is 4.11. The number of nitrogens with one attached hydrogen (secondary N) is 1. The minimum Gasteiger partial charge on any atom is -0.285 e. The van der Waals surface area contributed by atoms with Crippen LogP contribution in [-0.2, 0) is 0 Å². The molecule has 92 valence electrons. The van der Waals surface area contributed by atoms with E-state index in [1.54, 1.807) is 6.07 Å². The first kappa shape index (κ1) is 12.3.